The quantitative estimate of drug-likeness (QED) is 0.763. The Labute approximate surface area is 132 Å². The summed E-state index contributed by atoms with van der Waals surface area (Å²) < 4.78 is 11.2. The third-order valence-electron chi connectivity index (χ3n) is 3.71. The number of amides is 1. The van der Waals surface area contributed by atoms with Gasteiger partial charge >= 0.3 is 0 Å². The summed E-state index contributed by atoms with van der Waals surface area (Å²) in [6, 6.07) is 10.8. The zero-order valence-electron chi connectivity index (χ0n) is 12.3. The Kier molecular flexibility index (Phi) is 3.34. The molecule has 0 saturated carbocycles. The van der Waals surface area contributed by atoms with Gasteiger partial charge in [0.15, 0.2) is 11.5 Å². The van der Waals surface area contributed by atoms with Crippen LogP contribution < -0.4 is 14.8 Å². The molecule has 0 radical (unpaired) electrons. The molecule has 0 spiro atoms. The molecule has 1 aliphatic heterocycles. The molecule has 6 heteroatoms. The van der Waals surface area contributed by atoms with E-state index < -0.39 is 0 Å². The number of aromatic amines is 1. The average molecular weight is 309 g/mol. The Morgan fingerprint density at radius 1 is 1.09 bits per heavy atom. The predicted molar refractivity (Wildman–Crippen MR) is 86.1 cm³/mol. The van der Waals surface area contributed by atoms with E-state index in [0.717, 1.165) is 17.3 Å². The number of anilines is 1. The van der Waals surface area contributed by atoms with Crippen molar-refractivity contribution in [3.8, 4) is 11.5 Å². The van der Waals surface area contributed by atoms with Crippen LogP contribution >= 0.6 is 0 Å². The topological polar surface area (TPSA) is 76.2 Å². The molecular formula is C17H15N3O3. The average Bonchev–Trinajstić information content (AvgIpc) is 2.90. The molecular weight excluding hydrogens is 294 g/mol. The van der Waals surface area contributed by atoms with E-state index in [4.69, 9.17) is 9.47 Å². The summed E-state index contributed by atoms with van der Waals surface area (Å²) in [6.07, 6.45) is 2.57. The number of rotatable bonds is 2. The van der Waals surface area contributed by atoms with Crippen LogP contribution in [-0.2, 0) is 0 Å². The first-order valence-electron chi connectivity index (χ1n) is 7.44. The van der Waals surface area contributed by atoms with Crippen molar-refractivity contribution in [2.45, 2.75) is 6.42 Å². The van der Waals surface area contributed by atoms with Gasteiger partial charge in [-0.05, 0) is 36.4 Å². The number of hydrogen-bond donors (Lipinski definition) is 2. The maximum atomic E-state index is 12.4. The molecule has 0 atom stereocenters. The van der Waals surface area contributed by atoms with Gasteiger partial charge in [0.05, 0.1) is 24.9 Å². The van der Waals surface area contributed by atoms with Crippen molar-refractivity contribution in [3.63, 3.8) is 0 Å². The number of carbonyl (C=O) groups is 1. The normalized spacial score (nSPS) is 13.6. The molecule has 23 heavy (non-hydrogen) atoms. The number of carbonyl (C=O) groups excluding carboxylic acids is 1. The summed E-state index contributed by atoms with van der Waals surface area (Å²) >= 11 is 0. The Balaban J connectivity index is 1.57. The molecule has 1 aromatic heterocycles. The molecule has 0 unspecified atom stereocenters. The first-order valence-corrected chi connectivity index (χ1v) is 7.44. The number of H-pyrrole nitrogens is 1. The fourth-order valence-electron chi connectivity index (χ4n) is 2.52. The Morgan fingerprint density at radius 2 is 1.96 bits per heavy atom. The van der Waals surface area contributed by atoms with Gasteiger partial charge in [-0.25, -0.2) is 0 Å². The van der Waals surface area contributed by atoms with E-state index in [1.54, 1.807) is 24.4 Å². The van der Waals surface area contributed by atoms with Gasteiger partial charge in [0.25, 0.3) is 5.91 Å². The van der Waals surface area contributed by atoms with Gasteiger partial charge in [0.2, 0.25) is 0 Å². The monoisotopic (exact) mass is 309 g/mol. The molecule has 2 heterocycles. The second-order valence-electron chi connectivity index (χ2n) is 5.34. The Morgan fingerprint density at radius 3 is 2.87 bits per heavy atom. The van der Waals surface area contributed by atoms with Crippen LogP contribution in [0.2, 0.25) is 0 Å². The first-order chi connectivity index (χ1) is 11.3. The number of nitrogens with one attached hydrogen (secondary N) is 2. The standard InChI is InChI=1S/C17H15N3O3/c21-17(19-13-4-2-12-10-18-20-14(12)9-13)11-3-5-15-16(8-11)23-7-1-6-22-15/h2-5,8-10H,1,6-7H2,(H,18,20)(H,19,21). The lowest BCUT2D eigenvalue weighted by molar-refractivity contribution is 0.102. The first kappa shape index (κ1) is 13.6. The molecule has 1 amide bonds. The highest BCUT2D eigenvalue weighted by Gasteiger charge is 2.14. The highest BCUT2D eigenvalue weighted by atomic mass is 16.5. The van der Waals surface area contributed by atoms with Gasteiger partial charge in [-0.15, -0.1) is 0 Å². The molecule has 0 bridgehead atoms. The molecule has 0 saturated heterocycles. The van der Waals surface area contributed by atoms with Crippen molar-refractivity contribution >= 4 is 22.5 Å². The number of ether oxygens (including phenoxy) is 2. The lowest BCUT2D eigenvalue weighted by atomic mass is 10.1. The van der Waals surface area contributed by atoms with E-state index in [2.05, 4.69) is 15.5 Å². The fraction of sp³-hybridized carbons (Fsp3) is 0.176. The van der Waals surface area contributed by atoms with E-state index in [1.165, 1.54) is 0 Å². The number of nitrogens with zero attached hydrogens (tertiary/aromatic N) is 1. The van der Waals surface area contributed by atoms with Crippen molar-refractivity contribution in [2.75, 3.05) is 18.5 Å². The van der Waals surface area contributed by atoms with Crippen LogP contribution in [0.4, 0.5) is 5.69 Å². The summed E-state index contributed by atoms with van der Waals surface area (Å²) in [5.41, 5.74) is 2.11. The predicted octanol–water partition coefficient (Wildman–Crippen LogP) is 2.98. The SMILES string of the molecule is O=C(Nc1ccc2cn[nH]c2c1)c1ccc2c(c1)OCCCO2. The van der Waals surface area contributed by atoms with Crippen LogP contribution in [0.15, 0.2) is 42.6 Å². The van der Waals surface area contributed by atoms with Crippen LogP contribution in [0.25, 0.3) is 10.9 Å². The third-order valence-corrected chi connectivity index (χ3v) is 3.71. The Hall–Kier alpha value is -3.02. The minimum atomic E-state index is -0.195. The molecule has 4 rings (SSSR count). The fourth-order valence-corrected chi connectivity index (χ4v) is 2.52. The number of fused-ring (bicyclic) bond motifs is 2. The maximum absolute atomic E-state index is 12.4. The second-order valence-corrected chi connectivity index (χ2v) is 5.34. The van der Waals surface area contributed by atoms with Crippen molar-refractivity contribution in [1.82, 2.24) is 10.2 Å². The van der Waals surface area contributed by atoms with Crippen LogP contribution in [-0.4, -0.2) is 29.3 Å². The number of benzene rings is 2. The van der Waals surface area contributed by atoms with Crippen molar-refractivity contribution < 1.29 is 14.3 Å². The van der Waals surface area contributed by atoms with Crippen LogP contribution in [0.5, 0.6) is 11.5 Å². The van der Waals surface area contributed by atoms with E-state index in [9.17, 15) is 4.79 Å². The molecule has 3 aromatic rings. The molecule has 116 valence electrons. The van der Waals surface area contributed by atoms with E-state index in [0.29, 0.717) is 36.0 Å². The minimum Gasteiger partial charge on any atom is -0.490 e. The molecule has 1 aliphatic rings. The zero-order chi connectivity index (χ0) is 15.6. The van der Waals surface area contributed by atoms with E-state index in [-0.39, 0.29) is 5.91 Å². The van der Waals surface area contributed by atoms with Gasteiger partial charge in [-0.1, -0.05) is 0 Å². The van der Waals surface area contributed by atoms with Gasteiger partial charge in [-0.2, -0.15) is 5.10 Å². The molecule has 0 aliphatic carbocycles. The number of aromatic nitrogens is 2. The number of hydrogen-bond acceptors (Lipinski definition) is 4. The van der Waals surface area contributed by atoms with Gasteiger partial charge in [-0.3, -0.25) is 9.89 Å². The van der Waals surface area contributed by atoms with E-state index in [1.807, 2.05) is 18.2 Å². The lowest BCUT2D eigenvalue weighted by Gasteiger charge is -2.10. The highest BCUT2D eigenvalue weighted by molar-refractivity contribution is 6.05. The van der Waals surface area contributed by atoms with Gasteiger partial charge in [0.1, 0.15) is 0 Å². The second kappa shape index (κ2) is 5.64. The summed E-state index contributed by atoms with van der Waals surface area (Å²) in [4.78, 5) is 12.4. The highest BCUT2D eigenvalue weighted by Crippen LogP contribution is 2.30. The molecule has 2 N–H and O–H groups in total. The Bertz CT molecular complexity index is 872. The largest absolute Gasteiger partial charge is 0.490 e. The summed E-state index contributed by atoms with van der Waals surface area (Å²) in [5, 5.41) is 10.7. The molecule has 0 fully saturated rings. The van der Waals surface area contributed by atoms with E-state index >= 15 is 0 Å². The zero-order valence-corrected chi connectivity index (χ0v) is 12.3. The summed E-state index contributed by atoms with van der Waals surface area (Å²) in [7, 11) is 0. The van der Waals surface area contributed by atoms with Crippen molar-refractivity contribution in [2.24, 2.45) is 0 Å². The smallest absolute Gasteiger partial charge is 0.255 e. The lowest BCUT2D eigenvalue weighted by Crippen LogP contribution is -2.12. The minimum absolute atomic E-state index is 0.195. The third kappa shape index (κ3) is 2.70. The molecule has 2 aromatic carbocycles. The maximum Gasteiger partial charge on any atom is 0.255 e. The van der Waals surface area contributed by atoms with Gasteiger partial charge in [0, 0.05) is 23.1 Å². The van der Waals surface area contributed by atoms with Crippen molar-refractivity contribution in [1.29, 1.82) is 0 Å². The van der Waals surface area contributed by atoms with Crippen LogP contribution in [0.1, 0.15) is 16.8 Å². The van der Waals surface area contributed by atoms with Crippen LogP contribution in [0.3, 0.4) is 0 Å². The van der Waals surface area contributed by atoms with Crippen molar-refractivity contribution in [3.05, 3.63) is 48.2 Å². The molecule has 6 nitrogen and oxygen atoms in total. The van der Waals surface area contributed by atoms with Crippen LogP contribution in [0, 0.1) is 0 Å². The summed E-state index contributed by atoms with van der Waals surface area (Å²) in [6.45, 7) is 1.22. The summed E-state index contributed by atoms with van der Waals surface area (Å²) in [5.74, 6) is 1.09. The van der Waals surface area contributed by atoms with Gasteiger partial charge < -0.3 is 14.8 Å².